The van der Waals surface area contributed by atoms with E-state index in [2.05, 4.69) is 0 Å². The Morgan fingerprint density at radius 2 is 1.94 bits per heavy atom. The molecule has 3 nitrogen and oxygen atoms in total. The van der Waals surface area contributed by atoms with Gasteiger partial charge in [-0.2, -0.15) is 0 Å². The highest BCUT2D eigenvalue weighted by Crippen LogP contribution is 2.34. The number of aryl methyl sites for hydroxylation is 2. The zero-order valence-electron chi connectivity index (χ0n) is 10.7. The van der Waals surface area contributed by atoms with Gasteiger partial charge in [-0.25, -0.2) is 0 Å². The maximum Gasteiger partial charge on any atom is 0.182 e. The first-order valence-corrected chi connectivity index (χ1v) is 5.97. The van der Waals surface area contributed by atoms with Crippen LogP contribution in [0.2, 0.25) is 0 Å². The molecule has 1 aromatic carbocycles. The first-order valence-electron chi connectivity index (χ1n) is 5.97. The van der Waals surface area contributed by atoms with Crippen molar-refractivity contribution in [2.24, 2.45) is 5.73 Å². The molecule has 2 N–H and O–H groups in total. The van der Waals surface area contributed by atoms with Crippen LogP contribution in [0.15, 0.2) is 12.1 Å². The van der Waals surface area contributed by atoms with Crippen molar-refractivity contribution in [2.75, 3.05) is 7.11 Å². The molecule has 0 unspecified atom stereocenters. The minimum Gasteiger partial charge on any atom is -0.496 e. The molecule has 0 amide bonds. The van der Waals surface area contributed by atoms with Gasteiger partial charge in [-0.15, -0.1) is 0 Å². The van der Waals surface area contributed by atoms with E-state index in [0.717, 1.165) is 41.7 Å². The largest absolute Gasteiger partial charge is 0.496 e. The van der Waals surface area contributed by atoms with Gasteiger partial charge < -0.3 is 10.5 Å². The van der Waals surface area contributed by atoms with Crippen LogP contribution in [0.25, 0.3) is 0 Å². The fourth-order valence-electron chi connectivity index (χ4n) is 2.31. The molecule has 1 aromatic rings. The Kier molecular flexibility index (Phi) is 2.96. The van der Waals surface area contributed by atoms with Gasteiger partial charge in [0.1, 0.15) is 5.75 Å². The van der Waals surface area contributed by atoms with Crippen LogP contribution in [0.1, 0.15) is 40.7 Å². The second-order valence-electron chi connectivity index (χ2n) is 4.98. The van der Waals surface area contributed by atoms with E-state index in [0.29, 0.717) is 0 Å². The number of ketones is 1. The monoisotopic (exact) mass is 233 g/mol. The molecule has 1 saturated carbocycles. The summed E-state index contributed by atoms with van der Waals surface area (Å²) in [5, 5.41) is 0. The van der Waals surface area contributed by atoms with Gasteiger partial charge in [0, 0.05) is 5.56 Å². The lowest BCUT2D eigenvalue weighted by atomic mass is 9.72. The Morgan fingerprint density at radius 3 is 2.41 bits per heavy atom. The summed E-state index contributed by atoms with van der Waals surface area (Å²) >= 11 is 0. The zero-order chi connectivity index (χ0) is 12.6. The van der Waals surface area contributed by atoms with Gasteiger partial charge in [-0.05, 0) is 56.4 Å². The van der Waals surface area contributed by atoms with Gasteiger partial charge >= 0.3 is 0 Å². The van der Waals surface area contributed by atoms with Gasteiger partial charge in [0.05, 0.1) is 12.6 Å². The summed E-state index contributed by atoms with van der Waals surface area (Å²) in [7, 11) is 1.64. The Balaban J connectivity index is 2.39. The molecular weight excluding hydrogens is 214 g/mol. The van der Waals surface area contributed by atoms with E-state index in [-0.39, 0.29) is 5.78 Å². The predicted octanol–water partition coefficient (Wildman–Crippen LogP) is 2.38. The van der Waals surface area contributed by atoms with E-state index in [1.54, 1.807) is 7.11 Å². The molecule has 0 saturated heterocycles. The van der Waals surface area contributed by atoms with E-state index >= 15 is 0 Å². The molecule has 1 aliphatic carbocycles. The van der Waals surface area contributed by atoms with Crippen LogP contribution in [0, 0.1) is 13.8 Å². The van der Waals surface area contributed by atoms with Gasteiger partial charge in [0.15, 0.2) is 5.78 Å². The Hall–Kier alpha value is -1.35. The molecule has 0 aliphatic heterocycles. The second-order valence-corrected chi connectivity index (χ2v) is 4.98. The molecular formula is C14H19NO2. The molecule has 92 valence electrons. The average Bonchev–Trinajstić information content (AvgIpc) is 2.27. The van der Waals surface area contributed by atoms with Crippen molar-refractivity contribution < 1.29 is 9.53 Å². The predicted molar refractivity (Wildman–Crippen MR) is 67.6 cm³/mol. The SMILES string of the molecule is COc1cc(C)c(C(=O)C2(N)CCC2)cc1C. The van der Waals surface area contributed by atoms with Crippen LogP contribution in [0.4, 0.5) is 0 Å². The fourth-order valence-corrected chi connectivity index (χ4v) is 2.31. The molecule has 17 heavy (non-hydrogen) atoms. The number of hydrogen-bond donors (Lipinski definition) is 1. The maximum atomic E-state index is 12.4. The number of carbonyl (C=O) groups is 1. The topological polar surface area (TPSA) is 52.3 Å². The van der Waals surface area contributed by atoms with Crippen molar-refractivity contribution in [3.05, 3.63) is 28.8 Å². The summed E-state index contributed by atoms with van der Waals surface area (Å²) in [6, 6.07) is 3.80. The van der Waals surface area contributed by atoms with Crippen LogP contribution in [-0.4, -0.2) is 18.4 Å². The van der Waals surface area contributed by atoms with Gasteiger partial charge in [-0.1, -0.05) is 0 Å². The molecule has 0 radical (unpaired) electrons. The van der Waals surface area contributed by atoms with Gasteiger partial charge in [0.25, 0.3) is 0 Å². The van der Waals surface area contributed by atoms with E-state index in [4.69, 9.17) is 10.5 Å². The van der Waals surface area contributed by atoms with Crippen molar-refractivity contribution in [2.45, 2.75) is 38.6 Å². The number of nitrogens with two attached hydrogens (primary N) is 1. The third-order valence-electron chi connectivity index (χ3n) is 3.68. The van der Waals surface area contributed by atoms with E-state index in [9.17, 15) is 4.79 Å². The van der Waals surface area contributed by atoms with Crippen LogP contribution in [0.3, 0.4) is 0 Å². The molecule has 3 heteroatoms. The normalized spacial score (nSPS) is 17.4. The average molecular weight is 233 g/mol. The highest BCUT2D eigenvalue weighted by Gasteiger charge is 2.40. The van der Waals surface area contributed by atoms with Crippen molar-refractivity contribution >= 4 is 5.78 Å². The van der Waals surface area contributed by atoms with Crippen molar-refractivity contribution in [1.82, 2.24) is 0 Å². The number of hydrogen-bond acceptors (Lipinski definition) is 3. The summed E-state index contributed by atoms with van der Waals surface area (Å²) in [5.41, 5.74) is 8.12. The van der Waals surface area contributed by atoms with Crippen LogP contribution < -0.4 is 10.5 Å². The Bertz CT molecular complexity index is 462. The van der Waals surface area contributed by atoms with Crippen LogP contribution >= 0.6 is 0 Å². The Labute approximate surface area is 102 Å². The summed E-state index contributed by atoms with van der Waals surface area (Å²) in [4.78, 5) is 12.4. The number of methoxy groups -OCH3 is 1. The van der Waals surface area contributed by atoms with Crippen molar-refractivity contribution in [3.63, 3.8) is 0 Å². The lowest BCUT2D eigenvalue weighted by molar-refractivity contribution is 0.0800. The maximum absolute atomic E-state index is 12.4. The molecule has 2 rings (SSSR count). The third-order valence-corrected chi connectivity index (χ3v) is 3.68. The molecule has 0 spiro atoms. The van der Waals surface area contributed by atoms with E-state index in [1.807, 2.05) is 26.0 Å². The number of carbonyl (C=O) groups excluding carboxylic acids is 1. The van der Waals surface area contributed by atoms with Crippen LogP contribution in [-0.2, 0) is 0 Å². The van der Waals surface area contributed by atoms with E-state index in [1.165, 1.54) is 0 Å². The quantitative estimate of drug-likeness (QED) is 0.815. The summed E-state index contributed by atoms with van der Waals surface area (Å²) in [6.07, 6.45) is 2.66. The molecule has 0 bridgehead atoms. The van der Waals surface area contributed by atoms with Gasteiger partial charge in [-0.3, -0.25) is 4.79 Å². The number of Topliss-reactive ketones (excluding diaryl/α,β-unsaturated/α-hetero) is 1. The highest BCUT2D eigenvalue weighted by molar-refractivity contribution is 6.05. The highest BCUT2D eigenvalue weighted by atomic mass is 16.5. The molecule has 0 aromatic heterocycles. The van der Waals surface area contributed by atoms with E-state index < -0.39 is 5.54 Å². The van der Waals surface area contributed by atoms with Crippen molar-refractivity contribution in [1.29, 1.82) is 0 Å². The second kappa shape index (κ2) is 4.15. The lowest BCUT2D eigenvalue weighted by Crippen LogP contribution is -2.53. The zero-order valence-corrected chi connectivity index (χ0v) is 10.7. The standard InChI is InChI=1S/C14H19NO2/c1-9-8-12(17-3)10(2)7-11(9)13(16)14(15)5-4-6-14/h7-8H,4-6,15H2,1-3H3. The first kappa shape index (κ1) is 12.1. The molecule has 1 aliphatic rings. The van der Waals surface area contributed by atoms with Crippen LogP contribution in [0.5, 0.6) is 5.75 Å². The fraction of sp³-hybridized carbons (Fsp3) is 0.500. The minimum atomic E-state index is -0.619. The minimum absolute atomic E-state index is 0.0759. The molecule has 0 heterocycles. The summed E-state index contributed by atoms with van der Waals surface area (Å²) in [5.74, 6) is 0.894. The smallest absolute Gasteiger partial charge is 0.182 e. The first-order chi connectivity index (χ1) is 7.98. The number of benzene rings is 1. The van der Waals surface area contributed by atoms with Crippen molar-refractivity contribution in [3.8, 4) is 5.75 Å². The number of rotatable bonds is 3. The molecule has 1 fully saturated rings. The number of ether oxygens (including phenoxy) is 1. The summed E-state index contributed by atoms with van der Waals surface area (Å²) < 4.78 is 5.24. The molecule has 0 atom stereocenters. The summed E-state index contributed by atoms with van der Waals surface area (Å²) in [6.45, 7) is 3.87. The lowest BCUT2D eigenvalue weighted by Gasteiger charge is -2.36. The van der Waals surface area contributed by atoms with Gasteiger partial charge in [0.2, 0.25) is 0 Å². The third kappa shape index (κ3) is 1.95. The Morgan fingerprint density at radius 1 is 1.29 bits per heavy atom.